The van der Waals surface area contributed by atoms with Crippen LogP contribution in [0.5, 0.6) is 0 Å². The number of nitrogens with two attached hydrogens (primary N) is 1. The smallest absolute Gasteiger partial charge is 0.357 e. The maximum Gasteiger partial charge on any atom is 0.357 e. The zero-order valence-corrected chi connectivity index (χ0v) is 9.13. The average Bonchev–Trinajstić information content (AvgIpc) is 2.78. The molecule has 0 aromatic carbocycles. The van der Waals surface area contributed by atoms with Gasteiger partial charge in [0.15, 0.2) is 5.69 Å². The molecule has 0 aliphatic carbocycles. The van der Waals surface area contributed by atoms with Crippen LogP contribution in [0.15, 0.2) is 10.7 Å². The molecule has 1 amide bonds. The molecular weight excluding hydrogens is 226 g/mol. The van der Waals surface area contributed by atoms with Gasteiger partial charge in [0, 0.05) is 13.1 Å². The van der Waals surface area contributed by atoms with E-state index in [0.717, 1.165) is 19.1 Å². The number of anilines is 1. The van der Waals surface area contributed by atoms with Gasteiger partial charge >= 0.3 is 5.97 Å². The van der Waals surface area contributed by atoms with Crippen molar-refractivity contribution in [2.45, 2.75) is 12.8 Å². The van der Waals surface area contributed by atoms with Crippen LogP contribution in [0.4, 0.5) is 6.01 Å². The molecule has 0 bridgehead atoms. The molecule has 7 nitrogen and oxygen atoms in total. The molecule has 0 saturated carbocycles. The van der Waals surface area contributed by atoms with E-state index in [1.807, 2.05) is 0 Å². The second-order valence-corrected chi connectivity index (χ2v) is 4.01. The number of carbonyl (C=O) groups excluding carboxylic acids is 1. The number of carbonyl (C=O) groups is 2. The van der Waals surface area contributed by atoms with Gasteiger partial charge in [0.05, 0.1) is 5.92 Å². The van der Waals surface area contributed by atoms with Crippen molar-refractivity contribution in [1.29, 1.82) is 0 Å². The first kappa shape index (κ1) is 11.4. The summed E-state index contributed by atoms with van der Waals surface area (Å²) in [7, 11) is 0. The topological polar surface area (TPSA) is 110 Å². The summed E-state index contributed by atoms with van der Waals surface area (Å²) in [5, 5.41) is 8.72. The van der Waals surface area contributed by atoms with E-state index in [0.29, 0.717) is 13.1 Å². The van der Waals surface area contributed by atoms with Crippen LogP contribution in [0.25, 0.3) is 0 Å². The lowest BCUT2D eigenvalue weighted by Crippen LogP contribution is -2.41. The number of oxazole rings is 1. The molecule has 1 saturated heterocycles. The van der Waals surface area contributed by atoms with Gasteiger partial charge < -0.3 is 20.2 Å². The third-order valence-electron chi connectivity index (χ3n) is 2.81. The second-order valence-electron chi connectivity index (χ2n) is 4.01. The fourth-order valence-corrected chi connectivity index (χ4v) is 1.89. The van der Waals surface area contributed by atoms with Gasteiger partial charge in [-0.2, -0.15) is 4.98 Å². The average molecular weight is 239 g/mol. The number of nitrogens with zero attached hydrogens (tertiary/aromatic N) is 2. The van der Waals surface area contributed by atoms with Crippen LogP contribution >= 0.6 is 0 Å². The monoisotopic (exact) mass is 239 g/mol. The van der Waals surface area contributed by atoms with E-state index in [9.17, 15) is 9.59 Å². The van der Waals surface area contributed by atoms with Crippen molar-refractivity contribution in [3.05, 3.63) is 12.0 Å². The molecule has 0 radical (unpaired) electrons. The first-order valence-electron chi connectivity index (χ1n) is 5.31. The summed E-state index contributed by atoms with van der Waals surface area (Å²) < 4.78 is 5.08. The number of hydrogen-bond acceptors (Lipinski definition) is 5. The maximum atomic E-state index is 11.1. The van der Waals surface area contributed by atoms with E-state index in [2.05, 4.69) is 4.98 Å². The van der Waals surface area contributed by atoms with E-state index in [1.54, 1.807) is 4.90 Å². The van der Waals surface area contributed by atoms with E-state index < -0.39 is 5.97 Å². The van der Waals surface area contributed by atoms with E-state index in [1.165, 1.54) is 0 Å². The fourth-order valence-electron chi connectivity index (χ4n) is 1.89. The fraction of sp³-hybridized carbons (Fsp3) is 0.500. The number of amides is 1. The number of carboxylic acids is 1. The summed E-state index contributed by atoms with van der Waals surface area (Å²) in [6.07, 6.45) is 2.64. The number of piperidine rings is 1. The van der Waals surface area contributed by atoms with Crippen molar-refractivity contribution >= 4 is 17.9 Å². The molecule has 3 N–H and O–H groups in total. The minimum Gasteiger partial charge on any atom is -0.476 e. The number of primary amides is 1. The molecule has 7 heteroatoms. The molecule has 1 aliphatic heterocycles. The summed E-state index contributed by atoms with van der Waals surface area (Å²) in [6, 6.07) is 0.230. The van der Waals surface area contributed by atoms with Gasteiger partial charge in [-0.15, -0.1) is 0 Å². The SMILES string of the molecule is NC(=O)C1CCCN(c2nc(C(=O)O)co2)C1. The van der Waals surface area contributed by atoms with E-state index in [-0.39, 0.29) is 23.5 Å². The Morgan fingerprint density at radius 1 is 1.59 bits per heavy atom. The van der Waals surface area contributed by atoms with Crippen LogP contribution in [0, 0.1) is 5.92 Å². The third-order valence-corrected chi connectivity index (χ3v) is 2.81. The van der Waals surface area contributed by atoms with Gasteiger partial charge in [-0.3, -0.25) is 4.79 Å². The molecule has 1 aromatic heterocycles. The van der Waals surface area contributed by atoms with E-state index in [4.69, 9.17) is 15.3 Å². The van der Waals surface area contributed by atoms with Gasteiger partial charge in [0.1, 0.15) is 6.26 Å². The van der Waals surface area contributed by atoms with Crippen molar-refractivity contribution in [2.24, 2.45) is 11.7 Å². The summed E-state index contributed by atoms with van der Waals surface area (Å²) >= 11 is 0. The van der Waals surface area contributed by atoms with Crippen molar-refractivity contribution in [2.75, 3.05) is 18.0 Å². The third kappa shape index (κ3) is 2.38. The van der Waals surface area contributed by atoms with Crippen LogP contribution in [-0.4, -0.2) is 35.1 Å². The molecule has 1 fully saturated rings. The Balaban J connectivity index is 2.10. The molecule has 1 atom stereocenters. The first-order chi connectivity index (χ1) is 8.08. The molecule has 1 aliphatic rings. The zero-order valence-electron chi connectivity index (χ0n) is 9.13. The predicted molar refractivity (Wildman–Crippen MR) is 57.6 cm³/mol. The van der Waals surface area contributed by atoms with Crippen LogP contribution in [0.3, 0.4) is 0 Å². The van der Waals surface area contributed by atoms with Gasteiger partial charge in [-0.1, -0.05) is 0 Å². The second kappa shape index (κ2) is 4.44. The maximum absolute atomic E-state index is 11.1. The van der Waals surface area contributed by atoms with E-state index >= 15 is 0 Å². The van der Waals surface area contributed by atoms with Gasteiger partial charge in [-0.25, -0.2) is 4.79 Å². The lowest BCUT2D eigenvalue weighted by molar-refractivity contribution is -0.122. The standard InChI is InChI=1S/C10H13N3O4/c11-8(14)6-2-1-3-13(4-6)10-12-7(5-17-10)9(15)16/h5-6H,1-4H2,(H2,11,14)(H,15,16). The predicted octanol–water partition coefficient (Wildman–Crippen LogP) is 0.0745. The molecule has 0 spiro atoms. The minimum atomic E-state index is -1.14. The summed E-state index contributed by atoms with van der Waals surface area (Å²) in [6.45, 7) is 1.11. The Morgan fingerprint density at radius 2 is 2.35 bits per heavy atom. The molecule has 1 aromatic rings. The number of carboxylic acid groups (broad SMARTS) is 1. The summed E-state index contributed by atoms with van der Waals surface area (Å²) in [4.78, 5) is 27.3. The van der Waals surface area contributed by atoms with Crippen molar-refractivity contribution in [1.82, 2.24) is 4.98 Å². The first-order valence-corrected chi connectivity index (χ1v) is 5.31. The Morgan fingerprint density at radius 3 is 2.94 bits per heavy atom. The molecule has 1 unspecified atom stereocenters. The Bertz CT molecular complexity index is 443. The van der Waals surface area contributed by atoms with Gasteiger partial charge in [0.25, 0.3) is 6.01 Å². The summed E-state index contributed by atoms with van der Waals surface area (Å²) in [5.74, 6) is -1.72. The lowest BCUT2D eigenvalue weighted by atomic mass is 9.98. The number of aromatic nitrogens is 1. The van der Waals surface area contributed by atoms with Crippen LogP contribution in [-0.2, 0) is 4.79 Å². The lowest BCUT2D eigenvalue weighted by Gasteiger charge is -2.29. The van der Waals surface area contributed by atoms with Gasteiger partial charge in [-0.05, 0) is 12.8 Å². The highest BCUT2D eigenvalue weighted by Crippen LogP contribution is 2.22. The quantitative estimate of drug-likeness (QED) is 0.772. The Hall–Kier alpha value is -2.05. The highest BCUT2D eigenvalue weighted by atomic mass is 16.4. The number of hydrogen-bond donors (Lipinski definition) is 2. The van der Waals surface area contributed by atoms with Crippen LogP contribution in [0.2, 0.25) is 0 Å². The van der Waals surface area contributed by atoms with Crippen molar-refractivity contribution < 1.29 is 19.1 Å². The largest absolute Gasteiger partial charge is 0.476 e. The molecule has 2 heterocycles. The minimum absolute atomic E-state index is 0.138. The molecule has 92 valence electrons. The van der Waals surface area contributed by atoms with Crippen molar-refractivity contribution in [3.63, 3.8) is 0 Å². The van der Waals surface area contributed by atoms with Crippen molar-refractivity contribution in [3.8, 4) is 0 Å². The zero-order chi connectivity index (χ0) is 12.4. The molecule has 17 heavy (non-hydrogen) atoms. The molecular formula is C10H13N3O4. The Labute approximate surface area is 97.2 Å². The highest BCUT2D eigenvalue weighted by molar-refractivity contribution is 5.85. The summed E-state index contributed by atoms with van der Waals surface area (Å²) in [5.41, 5.74) is 5.11. The number of rotatable bonds is 3. The van der Waals surface area contributed by atoms with Gasteiger partial charge in [0.2, 0.25) is 5.91 Å². The normalized spacial score (nSPS) is 20.2. The van der Waals surface area contributed by atoms with Crippen LogP contribution in [0.1, 0.15) is 23.3 Å². The molecule has 2 rings (SSSR count). The van der Waals surface area contributed by atoms with Crippen LogP contribution < -0.4 is 10.6 Å². The number of aromatic carboxylic acids is 1. The highest BCUT2D eigenvalue weighted by Gasteiger charge is 2.27. The Kier molecular flexibility index (Phi) is 2.99.